The zero-order valence-electron chi connectivity index (χ0n) is 11.1. The molecule has 0 bridgehead atoms. The van der Waals surface area contributed by atoms with Crippen LogP contribution in [-0.2, 0) is 13.0 Å². The van der Waals surface area contributed by atoms with Gasteiger partial charge in [0.2, 0.25) is 0 Å². The van der Waals surface area contributed by atoms with Crippen molar-refractivity contribution in [2.24, 2.45) is 0 Å². The lowest BCUT2D eigenvalue weighted by Gasteiger charge is -2.15. The number of nitrogens with one attached hydrogen (secondary N) is 1. The van der Waals surface area contributed by atoms with E-state index in [4.69, 9.17) is 0 Å². The highest BCUT2D eigenvalue weighted by molar-refractivity contribution is 9.10. The molecule has 1 N–H and O–H groups in total. The first-order valence-corrected chi connectivity index (χ1v) is 7.59. The number of pyridine rings is 1. The molecule has 0 saturated carbocycles. The average molecular weight is 342 g/mol. The maximum Gasteiger partial charge on any atom is 0.136 e. The standard InChI is InChI=1S/C12H16BrN5S/c1-4-11-16-17-12(19-11)7-15-10-5-9(18(2)3)8(13)6-14-10/h5-6H,4,7H2,1-3H3,(H,14,15). The van der Waals surface area contributed by atoms with Gasteiger partial charge in [0.15, 0.2) is 0 Å². The molecule has 0 radical (unpaired) electrons. The van der Waals surface area contributed by atoms with E-state index in [1.54, 1.807) is 17.5 Å². The van der Waals surface area contributed by atoms with Gasteiger partial charge in [-0.15, -0.1) is 10.2 Å². The molecule has 0 saturated heterocycles. The second kappa shape index (κ2) is 6.29. The Hall–Kier alpha value is -1.21. The Morgan fingerprint density at radius 1 is 1.32 bits per heavy atom. The van der Waals surface area contributed by atoms with Gasteiger partial charge in [-0.25, -0.2) is 4.98 Å². The molecular formula is C12H16BrN5S. The van der Waals surface area contributed by atoms with Gasteiger partial charge >= 0.3 is 0 Å². The van der Waals surface area contributed by atoms with Gasteiger partial charge in [0.05, 0.1) is 16.7 Å². The topological polar surface area (TPSA) is 53.9 Å². The van der Waals surface area contributed by atoms with Crippen LogP contribution in [0.3, 0.4) is 0 Å². The maximum atomic E-state index is 4.34. The van der Waals surface area contributed by atoms with Crippen molar-refractivity contribution in [2.45, 2.75) is 19.9 Å². The van der Waals surface area contributed by atoms with Gasteiger partial charge in [0.1, 0.15) is 15.8 Å². The highest BCUT2D eigenvalue weighted by atomic mass is 79.9. The third-order valence-electron chi connectivity index (χ3n) is 2.55. The summed E-state index contributed by atoms with van der Waals surface area (Å²) in [6, 6.07) is 2.01. The second-order valence-electron chi connectivity index (χ2n) is 4.21. The van der Waals surface area contributed by atoms with Crippen molar-refractivity contribution in [1.29, 1.82) is 0 Å². The number of hydrogen-bond acceptors (Lipinski definition) is 6. The van der Waals surface area contributed by atoms with Gasteiger partial charge in [-0.2, -0.15) is 0 Å². The average Bonchev–Trinajstić information content (AvgIpc) is 2.85. The fourth-order valence-electron chi connectivity index (χ4n) is 1.54. The largest absolute Gasteiger partial charge is 0.377 e. The first-order valence-electron chi connectivity index (χ1n) is 5.98. The minimum absolute atomic E-state index is 0.652. The Labute approximate surface area is 125 Å². The molecular weight excluding hydrogens is 326 g/mol. The van der Waals surface area contributed by atoms with E-state index in [1.165, 1.54) is 0 Å². The van der Waals surface area contributed by atoms with E-state index in [1.807, 2.05) is 25.1 Å². The van der Waals surface area contributed by atoms with Gasteiger partial charge in [-0.1, -0.05) is 18.3 Å². The summed E-state index contributed by atoms with van der Waals surface area (Å²) in [5, 5.41) is 13.5. The Morgan fingerprint density at radius 3 is 2.68 bits per heavy atom. The lowest BCUT2D eigenvalue weighted by Crippen LogP contribution is -2.10. The number of aromatic nitrogens is 3. The number of nitrogens with zero attached hydrogens (tertiary/aromatic N) is 4. The van der Waals surface area contributed by atoms with Crippen molar-refractivity contribution in [3.8, 4) is 0 Å². The summed E-state index contributed by atoms with van der Waals surface area (Å²) in [7, 11) is 4.00. The summed E-state index contributed by atoms with van der Waals surface area (Å²) < 4.78 is 0.979. The minimum atomic E-state index is 0.652. The summed E-state index contributed by atoms with van der Waals surface area (Å²) in [5.41, 5.74) is 1.09. The molecule has 0 amide bonds. The first-order chi connectivity index (χ1) is 9.10. The number of anilines is 2. The molecule has 2 aromatic rings. The zero-order chi connectivity index (χ0) is 13.8. The van der Waals surface area contributed by atoms with Crippen LogP contribution in [-0.4, -0.2) is 29.3 Å². The van der Waals surface area contributed by atoms with Crippen LogP contribution in [0.25, 0.3) is 0 Å². The van der Waals surface area contributed by atoms with E-state index in [0.29, 0.717) is 6.54 Å². The summed E-state index contributed by atoms with van der Waals surface area (Å²) in [5.74, 6) is 0.833. The molecule has 2 aromatic heterocycles. The van der Waals surface area contributed by atoms with E-state index in [9.17, 15) is 0 Å². The minimum Gasteiger partial charge on any atom is -0.377 e. The summed E-state index contributed by atoms with van der Waals surface area (Å²) >= 11 is 5.12. The molecule has 0 atom stereocenters. The maximum absolute atomic E-state index is 4.34. The molecule has 2 heterocycles. The van der Waals surface area contributed by atoms with Crippen LogP contribution in [0.15, 0.2) is 16.7 Å². The number of aryl methyl sites for hydroxylation is 1. The monoisotopic (exact) mass is 341 g/mol. The summed E-state index contributed by atoms with van der Waals surface area (Å²) in [6.07, 6.45) is 2.73. The van der Waals surface area contributed by atoms with Crippen LogP contribution in [0.1, 0.15) is 16.9 Å². The third kappa shape index (κ3) is 3.63. The van der Waals surface area contributed by atoms with Crippen molar-refractivity contribution < 1.29 is 0 Å². The summed E-state index contributed by atoms with van der Waals surface area (Å²) in [6.45, 7) is 2.73. The molecule has 19 heavy (non-hydrogen) atoms. The normalized spacial score (nSPS) is 10.5. The van der Waals surface area contributed by atoms with Crippen molar-refractivity contribution in [3.63, 3.8) is 0 Å². The van der Waals surface area contributed by atoms with Crippen molar-refractivity contribution >= 4 is 38.8 Å². The third-order valence-corrected chi connectivity index (χ3v) is 4.23. The van der Waals surface area contributed by atoms with E-state index in [0.717, 1.165) is 32.4 Å². The summed E-state index contributed by atoms with van der Waals surface area (Å²) in [4.78, 5) is 6.37. The van der Waals surface area contributed by atoms with Crippen LogP contribution in [0, 0.1) is 0 Å². The molecule has 0 spiro atoms. The van der Waals surface area contributed by atoms with E-state index in [2.05, 4.69) is 43.4 Å². The number of hydrogen-bond donors (Lipinski definition) is 1. The van der Waals surface area contributed by atoms with E-state index in [-0.39, 0.29) is 0 Å². The molecule has 5 nitrogen and oxygen atoms in total. The smallest absolute Gasteiger partial charge is 0.136 e. The van der Waals surface area contributed by atoms with Crippen LogP contribution >= 0.6 is 27.3 Å². The van der Waals surface area contributed by atoms with Gasteiger partial charge < -0.3 is 10.2 Å². The molecule has 0 aromatic carbocycles. The van der Waals surface area contributed by atoms with Crippen molar-refractivity contribution in [2.75, 3.05) is 24.3 Å². The van der Waals surface area contributed by atoms with Crippen LogP contribution in [0.2, 0.25) is 0 Å². The van der Waals surface area contributed by atoms with E-state index >= 15 is 0 Å². The fourth-order valence-corrected chi connectivity index (χ4v) is 2.83. The second-order valence-corrected chi connectivity index (χ2v) is 6.21. The molecule has 2 rings (SSSR count). The van der Waals surface area contributed by atoms with Crippen molar-refractivity contribution in [3.05, 3.63) is 26.8 Å². The Balaban J connectivity index is 2.05. The predicted molar refractivity (Wildman–Crippen MR) is 82.9 cm³/mol. The number of halogens is 1. The molecule has 0 unspecified atom stereocenters. The van der Waals surface area contributed by atoms with E-state index < -0.39 is 0 Å². The van der Waals surface area contributed by atoms with Gasteiger partial charge in [0.25, 0.3) is 0 Å². The van der Waals surface area contributed by atoms with Crippen LogP contribution < -0.4 is 10.2 Å². The zero-order valence-corrected chi connectivity index (χ0v) is 13.5. The van der Waals surface area contributed by atoms with Gasteiger partial charge in [0, 0.05) is 26.4 Å². The highest BCUT2D eigenvalue weighted by Crippen LogP contribution is 2.26. The SMILES string of the molecule is CCc1nnc(CNc2cc(N(C)C)c(Br)cn2)s1. The molecule has 0 aliphatic rings. The highest BCUT2D eigenvalue weighted by Gasteiger charge is 2.06. The van der Waals surface area contributed by atoms with Gasteiger partial charge in [-0.3, -0.25) is 0 Å². The van der Waals surface area contributed by atoms with Gasteiger partial charge in [-0.05, 0) is 22.4 Å². The number of rotatable bonds is 5. The molecule has 0 aliphatic carbocycles. The molecule has 7 heteroatoms. The lowest BCUT2D eigenvalue weighted by molar-refractivity contribution is 0.936. The quantitative estimate of drug-likeness (QED) is 0.905. The molecule has 102 valence electrons. The fraction of sp³-hybridized carbons (Fsp3) is 0.417. The molecule has 0 fully saturated rings. The Bertz CT molecular complexity index is 555. The van der Waals surface area contributed by atoms with Crippen LogP contribution in [0.4, 0.5) is 11.5 Å². The Morgan fingerprint density at radius 2 is 2.05 bits per heavy atom. The Kier molecular flexibility index (Phi) is 4.71. The first kappa shape index (κ1) is 14.2. The lowest BCUT2D eigenvalue weighted by atomic mass is 10.3. The van der Waals surface area contributed by atoms with Crippen LogP contribution in [0.5, 0.6) is 0 Å². The molecule has 0 aliphatic heterocycles. The van der Waals surface area contributed by atoms with Crippen molar-refractivity contribution in [1.82, 2.24) is 15.2 Å². The predicted octanol–water partition coefficient (Wildman–Crippen LogP) is 2.94.